The fraction of sp³-hybridized carbons (Fsp3) is 0.353. The Bertz CT molecular complexity index is 638. The van der Waals surface area contributed by atoms with Gasteiger partial charge in [0.15, 0.2) is 5.78 Å². The molecule has 1 aliphatic carbocycles. The van der Waals surface area contributed by atoms with E-state index in [1.54, 1.807) is 7.11 Å². The van der Waals surface area contributed by atoms with Crippen LogP contribution in [0.25, 0.3) is 0 Å². The molecule has 3 rings (SSSR count). The number of ether oxygens (including phenoxy) is 1. The van der Waals surface area contributed by atoms with Crippen LogP contribution in [-0.2, 0) is 19.3 Å². The lowest BCUT2D eigenvalue weighted by Crippen LogP contribution is -2.05. The van der Waals surface area contributed by atoms with Crippen molar-refractivity contribution in [3.8, 4) is 5.75 Å². The lowest BCUT2D eigenvalue weighted by molar-refractivity contribution is 0.103. The van der Waals surface area contributed by atoms with E-state index in [0.717, 1.165) is 36.1 Å². The first-order valence-electron chi connectivity index (χ1n) is 7.06. The van der Waals surface area contributed by atoms with Crippen LogP contribution < -0.4 is 4.74 Å². The van der Waals surface area contributed by atoms with Crippen molar-refractivity contribution >= 4 is 17.1 Å². The Kier molecular flexibility index (Phi) is 3.62. The summed E-state index contributed by atoms with van der Waals surface area (Å²) in [6.45, 7) is 2.13. The fourth-order valence-electron chi connectivity index (χ4n) is 2.86. The second-order valence-corrected chi connectivity index (χ2v) is 6.26. The van der Waals surface area contributed by atoms with Gasteiger partial charge in [-0.05, 0) is 55.5 Å². The number of hydrogen-bond acceptors (Lipinski definition) is 3. The van der Waals surface area contributed by atoms with Crippen LogP contribution in [0.15, 0.2) is 24.3 Å². The largest absolute Gasteiger partial charge is 0.497 e. The van der Waals surface area contributed by atoms with E-state index < -0.39 is 0 Å². The van der Waals surface area contributed by atoms with Crippen molar-refractivity contribution in [3.63, 3.8) is 0 Å². The molecular weight excluding hydrogens is 268 g/mol. The van der Waals surface area contributed by atoms with Crippen LogP contribution >= 0.6 is 11.3 Å². The van der Waals surface area contributed by atoms with Crippen molar-refractivity contribution in [3.05, 3.63) is 50.7 Å². The predicted octanol–water partition coefficient (Wildman–Crippen LogP) is 4.04. The Hall–Kier alpha value is -1.61. The number of aryl methyl sites for hydroxylation is 2. The monoisotopic (exact) mass is 286 g/mol. The Morgan fingerprint density at radius 1 is 1.25 bits per heavy atom. The van der Waals surface area contributed by atoms with Crippen LogP contribution in [0, 0.1) is 0 Å². The van der Waals surface area contributed by atoms with E-state index in [2.05, 4.69) is 6.92 Å². The first-order chi connectivity index (χ1) is 9.74. The zero-order chi connectivity index (χ0) is 14.1. The topological polar surface area (TPSA) is 26.3 Å². The number of methoxy groups -OCH3 is 1. The van der Waals surface area contributed by atoms with E-state index in [9.17, 15) is 4.79 Å². The maximum atomic E-state index is 12.8. The van der Waals surface area contributed by atoms with Gasteiger partial charge in [-0.1, -0.05) is 6.92 Å². The molecule has 0 fully saturated rings. The van der Waals surface area contributed by atoms with Gasteiger partial charge in [0.1, 0.15) is 5.75 Å². The van der Waals surface area contributed by atoms with Gasteiger partial charge < -0.3 is 4.74 Å². The number of benzene rings is 1. The highest BCUT2D eigenvalue weighted by Crippen LogP contribution is 2.37. The van der Waals surface area contributed by atoms with Gasteiger partial charge in [-0.15, -0.1) is 11.3 Å². The van der Waals surface area contributed by atoms with E-state index in [-0.39, 0.29) is 5.78 Å². The predicted molar refractivity (Wildman–Crippen MR) is 82.1 cm³/mol. The summed E-state index contributed by atoms with van der Waals surface area (Å²) in [5, 5.41) is 0. The molecule has 0 spiro atoms. The van der Waals surface area contributed by atoms with Gasteiger partial charge in [0, 0.05) is 20.9 Å². The smallest absolute Gasteiger partial charge is 0.194 e. The summed E-state index contributed by atoms with van der Waals surface area (Å²) in [6, 6.07) is 7.43. The lowest BCUT2D eigenvalue weighted by atomic mass is 9.98. The van der Waals surface area contributed by atoms with Crippen LogP contribution in [0.5, 0.6) is 5.75 Å². The SMILES string of the molecule is CCc1sc2c(c1C(=O)c1ccc(OC)cc1)CCC2. The first kappa shape index (κ1) is 13.4. The Morgan fingerprint density at radius 3 is 2.65 bits per heavy atom. The van der Waals surface area contributed by atoms with Gasteiger partial charge in [-0.25, -0.2) is 0 Å². The fourth-order valence-corrected chi connectivity index (χ4v) is 4.19. The van der Waals surface area contributed by atoms with E-state index in [1.807, 2.05) is 35.6 Å². The van der Waals surface area contributed by atoms with E-state index >= 15 is 0 Å². The zero-order valence-electron chi connectivity index (χ0n) is 11.9. The van der Waals surface area contributed by atoms with Crippen LogP contribution in [-0.4, -0.2) is 12.9 Å². The van der Waals surface area contributed by atoms with Crippen LogP contribution in [0.2, 0.25) is 0 Å². The van der Waals surface area contributed by atoms with Crippen molar-refractivity contribution in [2.75, 3.05) is 7.11 Å². The minimum atomic E-state index is 0.170. The van der Waals surface area contributed by atoms with Gasteiger partial charge in [-0.2, -0.15) is 0 Å². The lowest BCUT2D eigenvalue weighted by Gasteiger charge is -2.06. The molecule has 0 bridgehead atoms. The highest BCUT2D eigenvalue weighted by Gasteiger charge is 2.26. The molecule has 0 N–H and O–H groups in total. The van der Waals surface area contributed by atoms with Gasteiger partial charge in [0.2, 0.25) is 0 Å². The van der Waals surface area contributed by atoms with Crippen molar-refractivity contribution in [2.24, 2.45) is 0 Å². The number of thiophene rings is 1. The standard InChI is InChI=1S/C17H18O2S/c1-3-14-16(13-5-4-6-15(13)20-14)17(18)11-7-9-12(19-2)10-8-11/h7-10H,3-6H2,1-2H3. The van der Waals surface area contributed by atoms with Crippen molar-refractivity contribution in [2.45, 2.75) is 32.6 Å². The minimum Gasteiger partial charge on any atom is -0.497 e. The molecule has 0 radical (unpaired) electrons. The molecule has 0 unspecified atom stereocenters. The summed E-state index contributed by atoms with van der Waals surface area (Å²) in [7, 11) is 1.64. The molecule has 1 heterocycles. The molecule has 0 amide bonds. The third kappa shape index (κ3) is 2.16. The normalized spacial score (nSPS) is 13.3. The molecule has 1 aromatic carbocycles. The average Bonchev–Trinajstić information content (AvgIpc) is 3.06. The van der Waals surface area contributed by atoms with Gasteiger partial charge in [0.25, 0.3) is 0 Å². The molecule has 1 aliphatic rings. The summed E-state index contributed by atoms with van der Waals surface area (Å²) >= 11 is 1.83. The van der Waals surface area contributed by atoms with E-state index in [1.165, 1.54) is 21.7 Å². The summed E-state index contributed by atoms with van der Waals surface area (Å²) in [4.78, 5) is 15.5. The molecule has 0 saturated carbocycles. The maximum Gasteiger partial charge on any atom is 0.194 e. The minimum absolute atomic E-state index is 0.170. The second kappa shape index (κ2) is 5.41. The van der Waals surface area contributed by atoms with Crippen LogP contribution in [0.4, 0.5) is 0 Å². The molecule has 0 atom stereocenters. The molecule has 2 aromatic rings. The number of rotatable bonds is 4. The Morgan fingerprint density at radius 2 is 2.00 bits per heavy atom. The number of fused-ring (bicyclic) bond motifs is 1. The van der Waals surface area contributed by atoms with Gasteiger partial charge in [-0.3, -0.25) is 4.79 Å². The van der Waals surface area contributed by atoms with E-state index in [4.69, 9.17) is 4.74 Å². The molecule has 20 heavy (non-hydrogen) atoms. The number of hydrogen-bond donors (Lipinski definition) is 0. The molecule has 2 nitrogen and oxygen atoms in total. The highest BCUT2D eigenvalue weighted by molar-refractivity contribution is 7.12. The van der Waals surface area contributed by atoms with E-state index in [0.29, 0.717) is 0 Å². The summed E-state index contributed by atoms with van der Waals surface area (Å²) in [5.74, 6) is 0.955. The maximum absolute atomic E-state index is 12.8. The third-order valence-electron chi connectivity index (χ3n) is 3.89. The third-order valence-corrected chi connectivity index (χ3v) is 5.33. The van der Waals surface area contributed by atoms with Crippen LogP contribution in [0.3, 0.4) is 0 Å². The Balaban J connectivity index is 2.01. The van der Waals surface area contributed by atoms with Gasteiger partial charge >= 0.3 is 0 Å². The summed E-state index contributed by atoms with van der Waals surface area (Å²) in [5.41, 5.74) is 3.05. The number of carbonyl (C=O) groups is 1. The second-order valence-electron chi connectivity index (χ2n) is 5.07. The van der Waals surface area contributed by atoms with Crippen LogP contribution in [0.1, 0.15) is 44.6 Å². The van der Waals surface area contributed by atoms with Crippen molar-refractivity contribution in [1.29, 1.82) is 0 Å². The molecule has 0 aliphatic heterocycles. The molecule has 104 valence electrons. The molecule has 0 saturated heterocycles. The van der Waals surface area contributed by atoms with Gasteiger partial charge in [0.05, 0.1) is 7.11 Å². The highest BCUT2D eigenvalue weighted by atomic mass is 32.1. The van der Waals surface area contributed by atoms with Crippen molar-refractivity contribution < 1.29 is 9.53 Å². The van der Waals surface area contributed by atoms with Crippen molar-refractivity contribution in [1.82, 2.24) is 0 Å². The summed E-state index contributed by atoms with van der Waals surface area (Å²) in [6.07, 6.45) is 4.33. The summed E-state index contributed by atoms with van der Waals surface area (Å²) < 4.78 is 5.15. The molecule has 3 heteroatoms. The number of carbonyl (C=O) groups excluding carboxylic acids is 1. The number of ketones is 1. The molecule has 1 aromatic heterocycles. The Labute approximate surface area is 123 Å². The quantitative estimate of drug-likeness (QED) is 0.793. The average molecular weight is 286 g/mol. The first-order valence-corrected chi connectivity index (χ1v) is 7.88. The zero-order valence-corrected chi connectivity index (χ0v) is 12.7. The molecular formula is C17H18O2S.